The lowest BCUT2D eigenvalue weighted by molar-refractivity contribution is -0.332. The normalized spacial score (nSPS) is 13.7. The van der Waals surface area contributed by atoms with Crippen LogP contribution in [0, 0.1) is 0 Å². The second kappa shape index (κ2) is 12.3. The van der Waals surface area contributed by atoms with E-state index in [1.54, 1.807) is 0 Å². The molecule has 1 heterocycles. The number of amides is 2. The summed E-state index contributed by atoms with van der Waals surface area (Å²) in [5.41, 5.74) is 0. The molecule has 0 unspecified atom stereocenters. The standard InChI is InChI=1S/C6H11NO5S.C5H7NO2/c1-9-5-11-10-4-2-3-6(8)12-7-13;1-6-4(7)2-3-5(6)8/h2-5H2,1H3;2-3H2,1H3. The predicted molar refractivity (Wildman–Crippen MR) is 71.0 cm³/mol. The van der Waals surface area contributed by atoms with Gasteiger partial charge in [-0.1, -0.05) is 0 Å². The fourth-order valence-corrected chi connectivity index (χ4v) is 1.28. The van der Waals surface area contributed by atoms with Crippen LogP contribution in [0.5, 0.6) is 0 Å². The zero-order valence-electron chi connectivity index (χ0n) is 11.9. The maximum absolute atomic E-state index is 10.6. The van der Waals surface area contributed by atoms with Gasteiger partial charge in [0.25, 0.3) is 0 Å². The van der Waals surface area contributed by atoms with Gasteiger partial charge >= 0.3 is 5.97 Å². The topological polar surface area (TPSA) is 104 Å². The number of rotatable bonds is 8. The molecule has 0 saturated carbocycles. The van der Waals surface area contributed by atoms with E-state index in [4.69, 9.17) is 0 Å². The first kappa shape index (κ1) is 19.5. The van der Waals surface area contributed by atoms with Gasteiger partial charge in [-0.3, -0.25) is 14.5 Å². The molecular formula is C11H18N2O7S. The highest BCUT2D eigenvalue weighted by atomic mass is 32.1. The highest BCUT2D eigenvalue weighted by Gasteiger charge is 2.24. The zero-order valence-corrected chi connectivity index (χ0v) is 12.7. The van der Waals surface area contributed by atoms with Crippen LogP contribution in [0.1, 0.15) is 25.7 Å². The molecule has 0 radical (unpaired) electrons. The van der Waals surface area contributed by atoms with E-state index in [0.717, 1.165) is 0 Å². The lowest BCUT2D eigenvalue weighted by Gasteiger charge is -2.01. The van der Waals surface area contributed by atoms with E-state index >= 15 is 0 Å². The highest BCUT2D eigenvalue weighted by molar-refractivity contribution is 7.47. The Labute approximate surface area is 127 Å². The summed E-state index contributed by atoms with van der Waals surface area (Å²) in [6.07, 6.45) is 1.47. The van der Waals surface area contributed by atoms with Gasteiger partial charge in [0.2, 0.25) is 11.8 Å². The molecule has 1 fully saturated rings. The third-order valence-corrected chi connectivity index (χ3v) is 2.37. The molecule has 21 heavy (non-hydrogen) atoms. The minimum Gasteiger partial charge on any atom is -0.355 e. The second-order valence-electron chi connectivity index (χ2n) is 3.83. The molecular weight excluding hydrogens is 304 g/mol. The van der Waals surface area contributed by atoms with E-state index < -0.39 is 5.97 Å². The summed E-state index contributed by atoms with van der Waals surface area (Å²) in [6, 6.07) is 0. The minimum absolute atomic E-state index is 0.0602. The van der Waals surface area contributed by atoms with Crippen LogP contribution in [0.15, 0.2) is 4.53 Å². The highest BCUT2D eigenvalue weighted by Crippen LogP contribution is 2.07. The van der Waals surface area contributed by atoms with Crippen LogP contribution >= 0.6 is 0 Å². The van der Waals surface area contributed by atoms with Crippen molar-refractivity contribution in [3.63, 3.8) is 0 Å². The van der Waals surface area contributed by atoms with E-state index in [9.17, 15) is 14.4 Å². The van der Waals surface area contributed by atoms with Crippen molar-refractivity contribution in [2.75, 3.05) is 27.6 Å². The van der Waals surface area contributed by atoms with Crippen LogP contribution in [0.25, 0.3) is 0 Å². The summed E-state index contributed by atoms with van der Waals surface area (Å²) in [6.45, 7) is 0.349. The zero-order chi connectivity index (χ0) is 16.1. The smallest absolute Gasteiger partial charge is 0.336 e. The van der Waals surface area contributed by atoms with Crippen molar-refractivity contribution in [2.45, 2.75) is 25.7 Å². The van der Waals surface area contributed by atoms with Crippen molar-refractivity contribution in [3.05, 3.63) is 0 Å². The molecule has 0 aromatic carbocycles. The molecule has 0 N–H and O–H groups in total. The summed E-state index contributed by atoms with van der Waals surface area (Å²) in [7, 11) is 2.99. The first-order chi connectivity index (χ1) is 10.0. The molecule has 1 rings (SSSR count). The van der Waals surface area contributed by atoms with Crippen LogP contribution in [-0.2, 0) is 46.2 Å². The van der Waals surface area contributed by atoms with Gasteiger partial charge in [0.1, 0.15) is 0 Å². The lowest BCUT2D eigenvalue weighted by atomic mass is 10.3. The molecule has 0 aliphatic carbocycles. The number of imide groups is 1. The number of carbonyl (C=O) groups is 3. The Hall–Kier alpha value is -1.49. The third-order valence-electron chi connectivity index (χ3n) is 2.30. The van der Waals surface area contributed by atoms with Crippen molar-refractivity contribution in [2.24, 2.45) is 4.53 Å². The van der Waals surface area contributed by atoms with Crippen molar-refractivity contribution in [1.29, 1.82) is 0 Å². The number of hydrogen-bond acceptors (Lipinski definition) is 9. The summed E-state index contributed by atoms with van der Waals surface area (Å²) in [4.78, 5) is 46.0. The Kier molecular flexibility index (Phi) is 11.4. The molecule has 0 aromatic rings. The van der Waals surface area contributed by atoms with Crippen molar-refractivity contribution in [3.8, 4) is 0 Å². The second-order valence-corrected chi connectivity index (χ2v) is 3.98. The Morgan fingerprint density at radius 1 is 1.29 bits per heavy atom. The predicted octanol–water partition coefficient (Wildman–Crippen LogP) is 0.273. The van der Waals surface area contributed by atoms with Crippen LogP contribution in [0.2, 0.25) is 0 Å². The first-order valence-corrected chi connectivity index (χ1v) is 6.44. The van der Waals surface area contributed by atoms with Gasteiger partial charge in [0.15, 0.2) is 6.79 Å². The van der Waals surface area contributed by atoms with Crippen molar-refractivity contribution >= 4 is 30.2 Å². The number of nitrogens with zero attached hydrogens (tertiary/aromatic N) is 2. The van der Waals surface area contributed by atoms with Gasteiger partial charge in [-0.05, 0) is 10.9 Å². The number of ether oxygens (including phenoxy) is 1. The molecule has 0 atom stereocenters. The molecule has 9 nitrogen and oxygen atoms in total. The molecule has 1 saturated heterocycles. The summed E-state index contributed by atoms with van der Waals surface area (Å²) in [5.74, 6) is -0.602. The van der Waals surface area contributed by atoms with Crippen LogP contribution in [0.3, 0.4) is 0 Å². The maximum Gasteiger partial charge on any atom is 0.336 e. The Morgan fingerprint density at radius 3 is 2.33 bits per heavy atom. The summed E-state index contributed by atoms with van der Waals surface area (Å²) < 4.78 is 7.35. The third kappa shape index (κ3) is 9.96. The SMILES string of the molecule is CN1C(=O)CCC1=O.COCOOCCCC(=O)ON=S. The monoisotopic (exact) mass is 322 g/mol. The summed E-state index contributed by atoms with van der Waals surface area (Å²) in [5, 5.41) is 0. The quantitative estimate of drug-likeness (QED) is 0.206. The average molecular weight is 322 g/mol. The van der Waals surface area contributed by atoms with Gasteiger partial charge in [-0.15, -0.1) is 0 Å². The minimum atomic E-state index is -0.481. The largest absolute Gasteiger partial charge is 0.355 e. The van der Waals surface area contributed by atoms with Gasteiger partial charge < -0.3 is 9.57 Å². The Balaban J connectivity index is 0.000000423. The molecule has 2 amide bonds. The van der Waals surface area contributed by atoms with Crippen molar-refractivity contribution in [1.82, 2.24) is 4.90 Å². The number of methoxy groups -OCH3 is 1. The fraction of sp³-hybridized carbons (Fsp3) is 0.727. The van der Waals surface area contributed by atoms with E-state index in [0.29, 0.717) is 19.3 Å². The Morgan fingerprint density at radius 2 is 1.90 bits per heavy atom. The van der Waals surface area contributed by atoms with E-state index in [-0.39, 0.29) is 31.6 Å². The fourth-order valence-electron chi connectivity index (χ4n) is 1.19. The van der Waals surface area contributed by atoms with Gasteiger partial charge in [-0.25, -0.2) is 14.6 Å². The average Bonchev–Trinajstić information content (AvgIpc) is 2.75. The molecule has 120 valence electrons. The van der Waals surface area contributed by atoms with Crippen LogP contribution in [0.4, 0.5) is 0 Å². The summed E-state index contributed by atoms with van der Waals surface area (Å²) >= 11 is 4.07. The molecule has 1 aliphatic rings. The van der Waals surface area contributed by atoms with Gasteiger partial charge in [0, 0.05) is 27.0 Å². The molecule has 1 aliphatic heterocycles. The Bertz CT molecular complexity index is 348. The molecule has 0 bridgehead atoms. The molecule has 0 spiro atoms. The van der Waals surface area contributed by atoms with E-state index in [1.165, 1.54) is 19.1 Å². The van der Waals surface area contributed by atoms with Gasteiger partial charge in [0.05, 0.1) is 25.5 Å². The molecule has 0 aromatic heterocycles. The number of likely N-dealkylation sites (tertiary alicyclic amines) is 1. The number of carbonyl (C=O) groups excluding carboxylic acids is 3. The van der Waals surface area contributed by atoms with Crippen LogP contribution < -0.4 is 0 Å². The number of hydrogen-bond donors (Lipinski definition) is 0. The maximum atomic E-state index is 10.6. The first-order valence-electron chi connectivity index (χ1n) is 6.08. The van der Waals surface area contributed by atoms with Gasteiger partial charge in [-0.2, -0.15) is 0 Å². The molecule has 10 heteroatoms. The van der Waals surface area contributed by atoms with E-state index in [2.05, 4.69) is 36.3 Å². The lowest BCUT2D eigenvalue weighted by Crippen LogP contribution is -2.23. The van der Waals surface area contributed by atoms with Crippen LogP contribution in [-0.4, -0.2) is 50.2 Å². The van der Waals surface area contributed by atoms with E-state index in [1.807, 2.05) is 0 Å². The van der Waals surface area contributed by atoms with Crippen molar-refractivity contribution < 1.29 is 33.7 Å².